The molecule has 0 aliphatic heterocycles. The van der Waals surface area contributed by atoms with Crippen molar-refractivity contribution >= 4 is 5.78 Å². The predicted octanol–water partition coefficient (Wildman–Crippen LogP) is 4.11. The molecule has 3 nitrogen and oxygen atoms in total. The molecule has 3 atom stereocenters. The summed E-state index contributed by atoms with van der Waals surface area (Å²) in [4.78, 5) is 12.2. The monoisotopic (exact) mass is 320 g/mol. The van der Waals surface area contributed by atoms with E-state index in [4.69, 9.17) is 0 Å². The second kappa shape index (κ2) is 8.60. The second-order valence-corrected chi connectivity index (χ2v) is 7.30. The molecule has 0 amide bonds. The highest BCUT2D eigenvalue weighted by Gasteiger charge is 2.30. The Bertz CT molecular complexity index is 497. The summed E-state index contributed by atoms with van der Waals surface area (Å²) in [7, 11) is 0. The van der Waals surface area contributed by atoms with Crippen LogP contribution in [-0.2, 0) is 4.79 Å². The quantitative estimate of drug-likeness (QED) is 0.764. The Hall–Kier alpha value is -1.19. The topological polar surface area (TPSA) is 57.5 Å². The van der Waals surface area contributed by atoms with Gasteiger partial charge in [-0.05, 0) is 58.4 Å². The lowest BCUT2D eigenvalue weighted by atomic mass is 9.85. The number of carbonyl (C=O) groups is 1. The third-order valence-electron chi connectivity index (χ3n) is 4.92. The van der Waals surface area contributed by atoms with Crippen LogP contribution in [0.15, 0.2) is 35.5 Å². The first-order valence-corrected chi connectivity index (χ1v) is 8.59. The number of Topliss-reactive ketones (excluding diaryl/α,β-unsaturated/α-hetero) is 1. The number of aliphatic hydroxyl groups excluding tert-OH is 1. The van der Waals surface area contributed by atoms with Gasteiger partial charge in [0.05, 0.1) is 11.7 Å². The lowest BCUT2D eigenvalue weighted by Gasteiger charge is -2.30. The fraction of sp³-hybridized carbons (Fsp3) is 0.650. The van der Waals surface area contributed by atoms with Crippen LogP contribution in [0.1, 0.15) is 66.2 Å². The van der Waals surface area contributed by atoms with Crippen molar-refractivity contribution in [2.75, 3.05) is 0 Å². The first-order chi connectivity index (χ1) is 10.6. The van der Waals surface area contributed by atoms with Crippen molar-refractivity contribution in [2.24, 2.45) is 5.92 Å². The SMILES string of the molecule is C=C(C)/C1=C/C=C(\C)CCC(=O)[C@@H](C)CC[C@@H](O)[C@](C)(O)CC1. The molecule has 1 aliphatic rings. The van der Waals surface area contributed by atoms with Crippen molar-refractivity contribution in [3.8, 4) is 0 Å². The summed E-state index contributed by atoms with van der Waals surface area (Å²) in [5.74, 6) is 0.156. The van der Waals surface area contributed by atoms with Gasteiger partial charge in [0, 0.05) is 12.3 Å². The first kappa shape index (κ1) is 19.9. The van der Waals surface area contributed by atoms with Crippen LogP contribution in [0, 0.1) is 5.92 Å². The van der Waals surface area contributed by atoms with E-state index < -0.39 is 11.7 Å². The average molecular weight is 320 g/mol. The van der Waals surface area contributed by atoms with Crippen molar-refractivity contribution in [3.05, 3.63) is 35.5 Å². The van der Waals surface area contributed by atoms with E-state index in [-0.39, 0.29) is 11.7 Å². The van der Waals surface area contributed by atoms with E-state index in [0.29, 0.717) is 32.1 Å². The van der Waals surface area contributed by atoms with E-state index in [1.54, 1.807) is 6.92 Å². The molecule has 2 N–H and O–H groups in total. The summed E-state index contributed by atoms with van der Waals surface area (Å²) in [6.45, 7) is 11.6. The largest absolute Gasteiger partial charge is 0.390 e. The molecule has 23 heavy (non-hydrogen) atoms. The molecule has 1 rings (SSSR count). The van der Waals surface area contributed by atoms with Crippen molar-refractivity contribution in [2.45, 2.75) is 77.9 Å². The Labute approximate surface area is 140 Å². The minimum atomic E-state index is -1.15. The van der Waals surface area contributed by atoms with E-state index in [1.165, 1.54) is 5.57 Å². The number of ketones is 1. The van der Waals surface area contributed by atoms with Gasteiger partial charge in [-0.25, -0.2) is 0 Å². The number of aliphatic hydroxyl groups is 2. The van der Waals surface area contributed by atoms with Crippen molar-refractivity contribution in [1.29, 1.82) is 0 Å². The minimum Gasteiger partial charge on any atom is -0.390 e. The van der Waals surface area contributed by atoms with Crippen LogP contribution < -0.4 is 0 Å². The van der Waals surface area contributed by atoms with Crippen molar-refractivity contribution < 1.29 is 15.0 Å². The average Bonchev–Trinajstić information content (AvgIpc) is 2.48. The van der Waals surface area contributed by atoms with Crippen LogP contribution in [0.3, 0.4) is 0 Å². The lowest BCUT2D eigenvalue weighted by molar-refractivity contribution is -0.123. The first-order valence-electron chi connectivity index (χ1n) is 8.59. The fourth-order valence-corrected chi connectivity index (χ4v) is 2.77. The molecule has 0 fully saturated rings. The van der Waals surface area contributed by atoms with E-state index in [1.807, 2.05) is 32.9 Å². The summed E-state index contributed by atoms with van der Waals surface area (Å²) in [5, 5.41) is 20.9. The third kappa shape index (κ3) is 6.44. The normalized spacial score (nSPS) is 36.3. The minimum absolute atomic E-state index is 0.0716. The highest BCUT2D eigenvalue weighted by atomic mass is 16.3. The van der Waals surface area contributed by atoms with Crippen LogP contribution in [0.2, 0.25) is 0 Å². The Morgan fingerprint density at radius 2 is 1.91 bits per heavy atom. The molecule has 0 saturated heterocycles. The molecule has 0 aromatic heterocycles. The molecule has 0 unspecified atom stereocenters. The molecule has 3 heteroatoms. The molecule has 0 aromatic carbocycles. The zero-order valence-corrected chi connectivity index (χ0v) is 15.1. The van der Waals surface area contributed by atoms with Gasteiger partial charge in [-0.1, -0.05) is 36.8 Å². The molecule has 0 bridgehead atoms. The number of allylic oxidation sites excluding steroid dienone is 5. The maximum atomic E-state index is 12.2. The molecule has 0 radical (unpaired) electrons. The zero-order valence-electron chi connectivity index (χ0n) is 15.1. The van der Waals surface area contributed by atoms with Crippen molar-refractivity contribution in [1.82, 2.24) is 0 Å². The van der Waals surface area contributed by atoms with Crippen LogP contribution in [0.5, 0.6) is 0 Å². The van der Waals surface area contributed by atoms with Crippen LogP contribution >= 0.6 is 0 Å². The van der Waals surface area contributed by atoms with E-state index in [2.05, 4.69) is 6.58 Å². The van der Waals surface area contributed by atoms with E-state index >= 15 is 0 Å². The van der Waals surface area contributed by atoms with Gasteiger partial charge in [-0.3, -0.25) is 4.79 Å². The second-order valence-electron chi connectivity index (χ2n) is 7.30. The van der Waals surface area contributed by atoms with Gasteiger partial charge >= 0.3 is 0 Å². The van der Waals surface area contributed by atoms with E-state index in [9.17, 15) is 15.0 Å². The zero-order chi connectivity index (χ0) is 17.6. The Morgan fingerprint density at radius 1 is 1.26 bits per heavy atom. The summed E-state index contributed by atoms with van der Waals surface area (Å²) in [6.07, 6.45) is 6.76. The number of rotatable bonds is 1. The molecule has 0 saturated carbocycles. The summed E-state index contributed by atoms with van der Waals surface area (Å²) >= 11 is 0. The van der Waals surface area contributed by atoms with Gasteiger partial charge in [0.1, 0.15) is 5.78 Å². The summed E-state index contributed by atoms with van der Waals surface area (Å²) in [5.41, 5.74) is 2.07. The van der Waals surface area contributed by atoms with Crippen LogP contribution in [-0.4, -0.2) is 27.7 Å². The van der Waals surface area contributed by atoms with Gasteiger partial charge in [0.15, 0.2) is 0 Å². The number of hydrogen-bond donors (Lipinski definition) is 2. The molecular weight excluding hydrogens is 288 g/mol. The smallest absolute Gasteiger partial charge is 0.136 e. The van der Waals surface area contributed by atoms with Crippen LogP contribution in [0.25, 0.3) is 0 Å². The summed E-state index contributed by atoms with van der Waals surface area (Å²) in [6, 6.07) is 0. The molecule has 0 heterocycles. The number of carbonyl (C=O) groups excluding carboxylic acids is 1. The maximum Gasteiger partial charge on any atom is 0.136 e. The molecule has 1 aliphatic carbocycles. The van der Waals surface area contributed by atoms with Gasteiger partial charge in [0.25, 0.3) is 0 Å². The highest BCUT2D eigenvalue weighted by Crippen LogP contribution is 2.27. The number of hydrogen-bond acceptors (Lipinski definition) is 3. The van der Waals surface area contributed by atoms with Crippen molar-refractivity contribution in [3.63, 3.8) is 0 Å². The van der Waals surface area contributed by atoms with E-state index in [0.717, 1.165) is 17.6 Å². The Kier molecular flexibility index (Phi) is 7.43. The highest BCUT2D eigenvalue weighted by molar-refractivity contribution is 5.80. The third-order valence-corrected chi connectivity index (χ3v) is 4.92. The Morgan fingerprint density at radius 3 is 2.52 bits per heavy atom. The van der Waals surface area contributed by atoms with Crippen LogP contribution in [0.4, 0.5) is 0 Å². The lowest BCUT2D eigenvalue weighted by Crippen LogP contribution is -2.39. The molecular formula is C20H32O3. The van der Waals surface area contributed by atoms with Gasteiger partial charge < -0.3 is 10.2 Å². The maximum absolute atomic E-state index is 12.2. The Balaban J connectivity index is 3.03. The predicted molar refractivity (Wildman–Crippen MR) is 95.2 cm³/mol. The molecule has 130 valence electrons. The summed E-state index contributed by atoms with van der Waals surface area (Å²) < 4.78 is 0. The fourth-order valence-electron chi connectivity index (χ4n) is 2.77. The van der Waals surface area contributed by atoms with Gasteiger partial charge in [-0.15, -0.1) is 0 Å². The molecule has 0 aromatic rings. The molecule has 0 spiro atoms. The van der Waals surface area contributed by atoms with Gasteiger partial charge in [-0.2, -0.15) is 0 Å². The van der Waals surface area contributed by atoms with Gasteiger partial charge in [0.2, 0.25) is 0 Å². The standard InChI is InChI=1S/C20H32O3/c1-14(2)17-9-6-15(3)7-10-18(21)16(4)8-11-19(22)20(5,23)13-12-17/h6,9,16,19,22-23H,1,7-8,10-13H2,2-5H3/b15-6+,17-9+/t16-,19+,20+/m0/s1.